The normalized spacial score (nSPS) is 10.9. The average molecular weight is 424 g/mol. The molecule has 5 aromatic rings. The smallest absolute Gasteiger partial charge is 0.270 e. The lowest BCUT2D eigenvalue weighted by Gasteiger charge is -2.11. The Balaban J connectivity index is 1.46. The van der Waals surface area contributed by atoms with Gasteiger partial charge in [-0.25, -0.2) is 4.98 Å². The molecule has 3 heterocycles. The van der Waals surface area contributed by atoms with Crippen LogP contribution in [0.25, 0.3) is 33.3 Å². The number of nitrogens with one attached hydrogen (secondary N) is 3. The van der Waals surface area contributed by atoms with E-state index in [0.717, 1.165) is 0 Å². The highest BCUT2D eigenvalue weighted by atomic mass is 16.3. The molecular weight excluding hydrogens is 408 g/mol. The minimum atomic E-state index is -0.606. The summed E-state index contributed by atoms with van der Waals surface area (Å²) in [4.78, 5) is 44.9. The molecule has 5 rings (SSSR count). The number of rotatable bonds is 3. The number of pyridine rings is 2. The minimum Gasteiger partial charge on any atom is -0.463 e. The van der Waals surface area contributed by atoms with Crippen LogP contribution in [0.3, 0.4) is 0 Å². The quantitative estimate of drug-likeness (QED) is 0.384. The SMILES string of the molecule is O=C(NNC(=O)c1cc(=O)[nH]c2ccccc12)c1cc(-c2ccco2)nc2ccccc12. The number of hydrogen-bond acceptors (Lipinski definition) is 5. The zero-order valence-electron chi connectivity index (χ0n) is 16.6. The van der Waals surface area contributed by atoms with Crippen molar-refractivity contribution < 1.29 is 14.0 Å². The van der Waals surface area contributed by atoms with Gasteiger partial charge < -0.3 is 9.40 Å². The van der Waals surface area contributed by atoms with Crippen LogP contribution in [0, 0.1) is 0 Å². The first-order valence-corrected chi connectivity index (χ1v) is 9.76. The van der Waals surface area contributed by atoms with E-state index in [1.807, 2.05) is 6.07 Å². The van der Waals surface area contributed by atoms with E-state index in [4.69, 9.17) is 4.42 Å². The van der Waals surface area contributed by atoms with E-state index in [9.17, 15) is 14.4 Å². The molecule has 32 heavy (non-hydrogen) atoms. The van der Waals surface area contributed by atoms with Crippen LogP contribution in [0.15, 0.2) is 88.3 Å². The molecule has 0 unspecified atom stereocenters. The molecule has 0 spiro atoms. The van der Waals surface area contributed by atoms with Gasteiger partial charge in [0.2, 0.25) is 5.56 Å². The first-order valence-electron chi connectivity index (χ1n) is 9.76. The Hall–Kier alpha value is -4.72. The van der Waals surface area contributed by atoms with Gasteiger partial charge in [0, 0.05) is 22.4 Å². The molecule has 156 valence electrons. The molecule has 0 fully saturated rings. The number of aromatic nitrogens is 2. The van der Waals surface area contributed by atoms with Crippen molar-refractivity contribution in [3.8, 4) is 11.5 Å². The summed E-state index contributed by atoms with van der Waals surface area (Å²) in [6.45, 7) is 0. The molecule has 8 heteroatoms. The Labute approximate surface area is 180 Å². The van der Waals surface area contributed by atoms with Gasteiger partial charge in [-0.2, -0.15) is 0 Å². The van der Waals surface area contributed by atoms with Gasteiger partial charge in [0.25, 0.3) is 11.8 Å². The predicted octanol–water partition coefficient (Wildman–Crippen LogP) is 3.41. The third-order valence-corrected chi connectivity index (χ3v) is 5.02. The summed E-state index contributed by atoms with van der Waals surface area (Å²) in [7, 11) is 0. The van der Waals surface area contributed by atoms with E-state index < -0.39 is 17.4 Å². The van der Waals surface area contributed by atoms with E-state index in [1.165, 1.54) is 12.3 Å². The van der Waals surface area contributed by atoms with E-state index in [2.05, 4.69) is 20.8 Å². The number of para-hydroxylation sites is 2. The van der Waals surface area contributed by atoms with Crippen molar-refractivity contribution in [2.75, 3.05) is 0 Å². The Kier molecular flexibility index (Phi) is 4.72. The fourth-order valence-electron chi connectivity index (χ4n) is 3.55. The second-order valence-electron chi connectivity index (χ2n) is 7.05. The summed E-state index contributed by atoms with van der Waals surface area (Å²) in [6, 6.07) is 20.4. The molecule has 0 saturated heterocycles. The lowest BCUT2D eigenvalue weighted by Crippen LogP contribution is -2.42. The molecular formula is C24H16N4O4. The van der Waals surface area contributed by atoms with Gasteiger partial charge in [-0.15, -0.1) is 0 Å². The molecule has 3 aromatic heterocycles. The molecule has 0 aliphatic carbocycles. The van der Waals surface area contributed by atoms with Crippen molar-refractivity contribution in [1.82, 2.24) is 20.8 Å². The van der Waals surface area contributed by atoms with Crippen molar-refractivity contribution in [3.63, 3.8) is 0 Å². The third kappa shape index (κ3) is 3.50. The summed E-state index contributed by atoms with van der Waals surface area (Å²) in [5.74, 6) is -0.618. The lowest BCUT2D eigenvalue weighted by atomic mass is 10.1. The first-order chi connectivity index (χ1) is 15.6. The van der Waals surface area contributed by atoms with Gasteiger partial charge in [-0.3, -0.25) is 25.2 Å². The summed E-state index contributed by atoms with van der Waals surface area (Å²) in [5, 5.41) is 1.18. The van der Waals surface area contributed by atoms with E-state index in [-0.39, 0.29) is 5.56 Å². The molecule has 0 radical (unpaired) electrons. The zero-order chi connectivity index (χ0) is 22.1. The van der Waals surface area contributed by atoms with Crippen molar-refractivity contribution in [3.05, 3.63) is 101 Å². The van der Waals surface area contributed by atoms with Gasteiger partial charge in [-0.1, -0.05) is 36.4 Å². The number of hydrogen-bond donors (Lipinski definition) is 3. The number of fused-ring (bicyclic) bond motifs is 2. The van der Waals surface area contributed by atoms with Gasteiger partial charge in [0.15, 0.2) is 5.76 Å². The number of amides is 2. The molecule has 2 aromatic carbocycles. The Bertz CT molecular complexity index is 1540. The van der Waals surface area contributed by atoms with Gasteiger partial charge in [0.1, 0.15) is 5.69 Å². The van der Waals surface area contributed by atoms with E-state index in [1.54, 1.807) is 60.7 Å². The van der Waals surface area contributed by atoms with Crippen LogP contribution < -0.4 is 16.4 Å². The number of hydrazine groups is 1. The molecule has 0 bridgehead atoms. The summed E-state index contributed by atoms with van der Waals surface area (Å²) < 4.78 is 5.41. The van der Waals surface area contributed by atoms with Crippen molar-refractivity contribution in [1.29, 1.82) is 0 Å². The maximum absolute atomic E-state index is 13.0. The summed E-state index contributed by atoms with van der Waals surface area (Å²) in [5.41, 5.74) is 6.52. The second-order valence-corrected chi connectivity index (χ2v) is 7.05. The van der Waals surface area contributed by atoms with Gasteiger partial charge in [-0.05, 0) is 30.3 Å². The topological polar surface area (TPSA) is 117 Å². The van der Waals surface area contributed by atoms with E-state index in [0.29, 0.717) is 38.8 Å². The van der Waals surface area contributed by atoms with Gasteiger partial charge >= 0.3 is 0 Å². The largest absolute Gasteiger partial charge is 0.463 e. The predicted molar refractivity (Wildman–Crippen MR) is 119 cm³/mol. The van der Waals surface area contributed by atoms with Crippen molar-refractivity contribution in [2.45, 2.75) is 0 Å². The van der Waals surface area contributed by atoms with Crippen molar-refractivity contribution >= 4 is 33.6 Å². The molecule has 0 aliphatic rings. The van der Waals surface area contributed by atoms with Crippen molar-refractivity contribution in [2.24, 2.45) is 0 Å². The zero-order valence-corrected chi connectivity index (χ0v) is 16.6. The average Bonchev–Trinajstić information content (AvgIpc) is 3.36. The highest BCUT2D eigenvalue weighted by Gasteiger charge is 2.17. The second kappa shape index (κ2) is 7.84. The fraction of sp³-hybridized carbons (Fsp3) is 0. The van der Waals surface area contributed by atoms with Crippen LogP contribution in [0.4, 0.5) is 0 Å². The molecule has 2 amide bonds. The van der Waals surface area contributed by atoms with Crippen LogP contribution in [0.1, 0.15) is 20.7 Å². The van der Waals surface area contributed by atoms with Crippen LogP contribution in [0.5, 0.6) is 0 Å². The van der Waals surface area contributed by atoms with Gasteiger partial charge in [0.05, 0.1) is 22.9 Å². The van der Waals surface area contributed by atoms with Crippen LogP contribution in [-0.4, -0.2) is 21.8 Å². The number of furan rings is 1. The molecule has 0 saturated carbocycles. The van der Waals surface area contributed by atoms with E-state index >= 15 is 0 Å². The molecule has 3 N–H and O–H groups in total. The molecule has 0 atom stereocenters. The fourth-order valence-corrected chi connectivity index (χ4v) is 3.55. The third-order valence-electron chi connectivity index (χ3n) is 5.02. The number of carbonyl (C=O) groups excluding carboxylic acids is 2. The number of H-pyrrole nitrogens is 1. The van der Waals surface area contributed by atoms with Crippen LogP contribution in [0.2, 0.25) is 0 Å². The number of carbonyl (C=O) groups is 2. The monoisotopic (exact) mass is 424 g/mol. The summed E-state index contributed by atoms with van der Waals surface area (Å²) in [6.07, 6.45) is 1.53. The first kappa shape index (κ1) is 19.3. The minimum absolute atomic E-state index is 0.153. The number of benzene rings is 2. The Morgan fingerprint density at radius 3 is 2.25 bits per heavy atom. The van der Waals surface area contributed by atoms with Crippen LogP contribution >= 0.6 is 0 Å². The maximum atomic E-state index is 13.0. The Morgan fingerprint density at radius 2 is 1.50 bits per heavy atom. The number of aromatic amines is 1. The number of nitrogens with zero attached hydrogens (tertiary/aromatic N) is 1. The Morgan fingerprint density at radius 1 is 0.812 bits per heavy atom. The van der Waals surface area contributed by atoms with Crippen LogP contribution in [-0.2, 0) is 0 Å². The highest BCUT2D eigenvalue weighted by molar-refractivity contribution is 6.10. The standard InChI is InChI=1S/C24H16N4O4/c29-22-13-17(15-7-2-4-9-19(15)26-22)24(31)28-27-23(30)16-12-20(21-10-5-11-32-21)25-18-8-3-1-6-14(16)18/h1-13H,(H,26,29)(H,27,30)(H,28,31). The lowest BCUT2D eigenvalue weighted by molar-refractivity contribution is 0.0848. The maximum Gasteiger partial charge on any atom is 0.270 e. The molecule has 0 aliphatic heterocycles. The highest BCUT2D eigenvalue weighted by Crippen LogP contribution is 2.25. The molecule has 8 nitrogen and oxygen atoms in total. The summed E-state index contributed by atoms with van der Waals surface area (Å²) >= 11 is 0.